The van der Waals surface area contributed by atoms with E-state index in [9.17, 15) is 0 Å². The summed E-state index contributed by atoms with van der Waals surface area (Å²) in [6.45, 7) is 4.46. The number of rotatable bonds is 5. The average molecular weight is 273 g/mol. The molecule has 0 spiro atoms. The SMILES string of the molecule is CC(C)C/C=C/CC(Cl)c1ccc2ccccc2c1. The third-order valence-electron chi connectivity index (χ3n) is 3.25. The largest absolute Gasteiger partial charge is 0.117 e. The van der Waals surface area contributed by atoms with E-state index in [0.717, 1.165) is 12.8 Å². The second-order valence-corrected chi connectivity index (χ2v) is 5.94. The molecule has 0 nitrogen and oxygen atoms in total. The van der Waals surface area contributed by atoms with Crippen molar-refractivity contribution in [3.05, 3.63) is 60.2 Å². The summed E-state index contributed by atoms with van der Waals surface area (Å²) in [7, 11) is 0. The van der Waals surface area contributed by atoms with Crippen molar-refractivity contribution in [2.45, 2.75) is 32.1 Å². The third-order valence-corrected chi connectivity index (χ3v) is 3.68. The van der Waals surface area contributed by atoms with Gasteiger partial charge in [0.15, 0.2) is 0 Å². The second-order valence-electron chi connectivity index (χ2n) is 5.41. The van der Waals surface area contributed by atoms with Gasteiger partial charge < -0.3 is 0 Å². The lowest BCUT2D eigenvalue weighted by molar-refractivity contribution is 0.662. The summed E-state index contributed by atoms with van der Waals surface area (Å²) >= 11 is 6.47. The van der Waals surface area contributed by atoms with Crippen LogP contribution in [-0.2, 0) is 0 Å². The van der Waals surface area contributed by atoms with Crippen LogP contribution < -0.4 is 0 Å². The van der Waals surface area contributed by atoms with Crippen molar-refractivity contribution >= 4 is 22.4 Å². The molecule has 1 unspecified atom stereocenters. The number of alkyl halides is 1. The van der Waals surface area contributed by atoms with Gasteiger partial charge >= 0.3 is 0 Å². The summed E-state index contributed by atoms with van der Waals surface area (Å²) in [6.07, 6.45) is 6.46. The molecule has 2 aromatic carbocycles. The van der Waals surface area contributed by atoms with E-state index in [-0.39, 0.29) is 5.38 Å². The molecular formula is C18H21Cl. The summed E-state index contributed by atoms with van der Waals surface area (Å²) in [5, 5.41) is 2.59. The second kappa shape index (κ2) is 6.77. The van der Waals surface area contributed by atoms with Crippen molar-refractivity contribution in [1.29, 1.82) is 0 Å². The van der Waals surface area contributed by atoms with E-state index in [1.807, 2.05) is 0 Å². The highest BCUT2D eigenvalue weighted by atomic mass is 35.5. The van der Waals surface area contributed by atoms with Crippen LogP contribution in [0, 0.1) is 5.92 Å². The first kappa shape index (κ1) is 14.1. The summed E-state index contributed by atoms with van der Waals surface area (Å²) < 4.78 is 0. The quantitative estimate of drug-likeness (QED) is 0.455. The first-order chi connectivity index (χ1) is 9.16. The minimum absolute atomic E-state index is 0.0630. The summed E-state index contributed by atoms with van der Waals surface area (Å²) in [4.78, 5) is 0. The van der Waals surface area contributed by atoms with Gasteiger partial charge in [-0.15, -0.1) is 11.6 Å². The highest BCUT2D eigenvalue weighted by Gasteiger charge is 2.06. The molecule has 0 aliphatic rings. The first-order valence-electron chi connectivity index (χ1n) is 6.94. The van der Waals surface area contributed by atoms with Crippen LogP contribution in [0.25, 0.3) is 10.8 Å². The Hall–Kier alpha value is -1.27. The zero-order valence-corrected chi connectivity index (χ0v) is 12.4. The van der Waals surface area contributed by atoms with Crippen LogP contribution in [0.5, 0.6) is 0 Å². The summed E-state index contributed by atoms with van der Waals surface area (Å²) in [6, 6.07) is 14.9. The molecule has 2 aromatic rings. The molecule has 0 saturated carbocycles. The molecule has 1 heteroatoms. The Morgan fingerprint density at radius 2 is 1.63 bits per heavy atom. The van der Waals surface area contributed by atoms with Gasteiger partial charge in [0.1, 0.15) is 0 Å². The van der Waals surface area contributed by atoms with Crippen molar-refractivity contribution in [2.75, 3.05) is 0 Å². The predicted molar refractivity (Wildman–Crippen MR) is 85.8 cm³/mol. The van der Waals surface area contributed by atoms with E-state index in [2.05, 4.69) is 68.5 Å². The van der Waals surface area contributed by atoms with Gasteiger partial charge in [-0.25, -0.2) is 0 Å². The maximum absolute atomic E-state index is 6.47. The number of benzene rings is 2. The minimum atomic E-state index is 0.0630. The van der Waals surface area contributed by atoms with Gasteiger partial charge in [0.25, 0.3) is 0 Å². The van der Waals surface area contributed by atoms with Gasteiger partial charge in [-0.3, -0.25) is 0 Å². The molecule has 0 heterocycles. The molecular weight excluding hydrogens is 252 g/mol. The molecule has 0 aliphatic heterocycles. The zero-order chi connectivity index (χ0) is 13.7. The summed E-state index contributed by atoms with van der Waals surface area (Å²) in [5.74, 6) is 0.714. The van der Waals surface area contributed by atoms with Crippen LogP contribution in [0.3, 0.4) is 0 Å². The van der Waals surface area contributed by atoms with E-state index in [1.54, 1.807) is 0 Å². The maximum Gasteiger partial charge on any atom is 0.0619 e. The number of allylic oxidation sites excluding steroid dienone is 2. The van der Waals surface area contributed by atoms with Crippen molar-refractivity contribution in [3.63, 3.8) is 0 Å². The number of hydrogen-bond acceptors (Lipinski definition) is 0. The van der Waals surface area contributed by atoms with Gasteiger partial charge in [-0.05, 0) is 41.2 Å². The van der Waals surface area contributed by atoms with E-state index >= 15 is 0 Å². The molecule has 0 bridgehead atoms. The van der Waals surface area contributed by atoms with Crippen molar-refractivity contribution in [3.8, 4) is 0 Å². The Balaban J connectivity index is 2.04. The Morgan fingerprint density at radius 1 is 0.947 bits per heavy atom. The number of halogens is 1. The molecule has 100 valence electrons. The fourth-order valence-corrected chi connectivity index (χ4v) is 2.36. The Labute approximate surface area is 121 Å². The van der Waals surface area contributed by atoms with Gasteiger partial charge in [0, 0.05) is 0 Å². The van der Waals surface area contributed by atoms with Crippen LogP contribution in [0.1, 0.15) is 37.6 Å². The molecule has 2 rings (SSSR count). The van der Waals surface area contributed by atoms with Gasteiger partial charge in [0.05, 0.1) is 5.38 Å². The van der Waals surface area contributed by atoms with Crippen LogP contribution in [0.2, 0.25) is 0 Å². The molecule has 0 radical (unpaired) electrons. The summed E-state index contributed by atoms with van der Waals surface area (Å²) in [5.41, 5.74) is 1.20. The highest BCUT2D eigenvalue weighted by molar-refractivity contribution is 6.21. The molecule has 0 aliphatic carbocycles. The highest BCUT2D eigenvalue weighted by Crippen LogP contribution is 2.27. The normalized spacial score (nSPS) is 13.5. The van der Waals surface area contributed by atoms with E-state index in [4.69, 9.17) is 11.6 Å². The topological polar surface area (TPSA) is 0 Å². The molecule has 0 aromatic heterocycles. The fourth-order valence-electron chi connectivity index (χ4n) is 2.12. The van der Waals surface area contributed by atoms with Gasteiger partial charge in [0.2, 0.25) is 0 Å². The molecule has 19 heavy (non-hydrogen) atoms. The Morgan fingerprint density at radius 3 is 2.37 bits per heavy atom. The van der Waals surface area contributed by atoms with Crippen molar-refractivity contribution in [2.24, 2.45) is 5.92 Å². The monoisotopic (exact) mass is 272 g/mol. The van der Waals surface area contributed by atoms with E-state index in [0.29, 0.717) is 5.92 Å². The Kier molecular flexibility index (Phi) is 5.04. The zero-order valence-electron chi connectivity index (χ0n) is 11.6. The van der Waals surface area contributed by atoms with Crippen LogP contribution in [-0.4, -0.2) is 0 Å². The molecule has 0 fully saturated rings. The third kappa shape index (κ3) is 4.11. The maximum atomic E-state index is 6.47. The van der Waals surface area contributed by atoms with Gasteiger partial charge in [-0.1, -0.05) is 62.4 Å². The minimum Gasteiger partial charge on any atom is -0.117 e. The molecule has 0 saturated heterocycles. The lowest BCUT2D eigenvalue weighted by atomic mass is 10.0. The molecule has 1 atom stereocenters. The number of hydrogen-bond donors (Lipinski definition) is 0. The molecule has 0 N–H and O–H groups in total. The lowest BCUT2D eigenvalue weighted by Crippen LogP contribution is -1.89. The van der Waals surface area contributed by atoms with Gasteiger partial charge in [-0.2, -0.15) is 0 Å². The number of fused-ring (bicyclic) bond motifs is 1. The predicted octanol–water partition coefficient (Wildman–Crippen LogP) is 6.11. The van der Waals surface area contributed by atoms with E-state index in [1.165, 1.54) is 16.3 Å². The smallest absolute Gasteiger partial charge is 0.0619 e. The molecule has 0 amide bonds. The average Bonchev–Trinajstić information content (AvgIpc) is 2.42. The Bertz CT molecular complexity index is 554. The fraction of sp³-hybridized carbons (Fsp3) is 0.333. The van der Waals surface area contributed by atoms with Crippen molar-refractivity contribution < 1.29 is 0 Å². The van der Waals surface area contributed by atoms with E-state index < -0.39 is 0 Å². The standard InChI is InChI=1S/C18H21Cl/c1-14(2)7-3-6-10-18(19)17-12-11-15-8-4-5-9-16(15)13-17/h3-6,8-9,11-14,18H,7,10H2,1-2H3/b6-3+. The van der Waals surface area contributed by atoms with Crippen LogP contribution >= 0.6 is 11.6 Å². The first-order valence-corrected chi connectivity index (χ1v) is 7.38. The van der Waals surface area contributed by atoms with Crippen LogP contribution in [0.15, 0.2) is 54.6 Å². The van der Waals surface area contributed by atoms with Crippen molar-refractivity contribution in [1.82, 2.24) is 0 Å². The van der Waals surface area contributed by atoms with Crippen LogP contribution in [0.4, 0.5) is 0 Å². The lowest BCUT2D eigenvalue weighted by Gasteiger charge is -2.08.